The molecule has 0 bridgehead atoms. The summed E-state index contributed by atoms with van der Waals surface area (Å²) in [6, 6.07) is 15.3. The van der Waals surface area contributed by atoms with Crippen LogP contribution in [-0.4, -0.2) is 47.2 Å². The highest BCUT2D eigenvalue weighted by molar-refractivity contribution is 7.89. The number of ether oxygens (including phenoxy) is 3. The summed E-state index contributed by atoms with van der Waals surface area (Å²) in [4.78, 5) is 24.7. The Morgan fingerprint density at radius 3 is 2.36 bits per heavy atom. The number of hydrogen-bond donors (Lipinski definition) is 2. The second kappa shape index (κ2) is 10.3. The van der Waals surface area contributed by atoms with E-state index in [1.54, 1.807) is 12.1 Å². The zero-order valence-electron chi connectivity index (χ0n) is 19.7. The summed E-state index contributed by atoms with van der Waals surface area (Å²) in [6.07, 6.45) is 0. The highest BCUT2D eigenvalue weighted by Crippen LogP contribution is 2.36. The van der Waals surface area contributed by atoms with Gasteiger partial charge in [0.1, 0.15) is 28.7 Å². The lowest BCUT2D eigenvalue weighted by molar-refractivity contribution is -0.148. The van der Waals surface area contributed by atoms with Crippen LogP contribution in [-0.2, 0) is 24.3 Å². The molecule has 1 aromatic heterocycles. The van der Waals surface area contributed by atoms with E-state index in [9.17, 15) is 18.0 Å². The molecular weight excluding hydrogens is 488 g/mol. The molecule has 0 aliphatic rings. The van der Waals surface area contributed by atoms with E-state index in [0.717, 1.165) is 10.8 Å². The van der Waals surface area contributed by atoms with E-state index in [-0.39, 0.29) is 4.90 Å². The molecule has 4 rings (SSSR count). The van der Waals surface area contributed by atoms with Gasteiger partial charge in [-0.3, -0.25) is 9.59 Å². The molecule has 188 valence electrons. The van der Waals surface area contributed by atoms with Gasteiger partial charge in [0.15, 0.2) is 6.61 Å². The molecular formula is C25H24N2O8S. The fourth-order valence-corrected chi connectivity index (χ4v) is 4.76. The number of para-hydroxylation sites is 1. The maximum absolute atomic E-state index is 12.5. The van der Waals surface area contributed by atoms with Gasteiger partial charge in [-0.1, -0.05) is 18.2 Å². The van der Waals surface area contributed by atoms with Gasteiger partial charge in [-0.05, 0) is 43.3 Å². The SMILES string of the molecule is COc1ccc(S(=O)(=O)N[C@H](C)C(=O)OCC(=O)Nc2cc3oc4ccccc4c3cc2OC)cc1. The van der Waals surface area contributed by atoms with Crippen LogP contribution in [0.1, 0.15) is 6.92 Å². The zero-order chi connectivity index (χ0) is 25.9. The van der Waals surface area contributed by atoms with Crippen molar-refractivity contribution in [2.45, 2.75) is 17.9 Å². The molecule has 0 radical (unpaired) electrons. The number of anilines is 1. The topological polar surface area (TPSA) is 133 Å². The van der Waals surface area contributed by atoms with Gasteiger partial charge >= 0.3 is 5.97 Å². The molecule has 0 aliphatic carbocycles. The Balaban J connectivity index is 1.38. The smallest absolute Gasteiger partial charge is 0.324 e. The molecule has 1 amide bonds. The first-order valence-corrected chi connectivity index (χ1v) is 12.3. The van der Waals surface area contributed by atoms with Crippen LogP contribution in [0.15, 0.2) is 70.0 Å². The molecule has 3 aromatic carbocycles. The molecule has 11 heteroatoms. The van der Waals surface area contributed by atoms with Gasteiger partial charge in [0.2, 0.25) is 10.0 Å². The fraction of sp³-hybridized carbons (Fsp3) is 0.200. The third kappa shape index (κ3) is 5.26. The monoisotopic (exact) mass is 512 g/mol. The van der Waals surface area contributed by atoms with Crippen LogP contribution in [0.3, 0.4) is 0 Å². The number of sulfonamides is 1. The Hall–Kier alpha value is -4.09. The van der Waals surface area contributed by atoms with Crippen molar-refractivity contribution in [3.63, 3.8) is 0 Å². The number of methoxy groups -OCH3 is 2. The van der Waals surface area contributed by atoms with Crippen LogP contribution >= 0.6 is 0 Å². The van der Waals surface area contributed by atoms with Crippen molar-refractivity contribution >= 4 is 49.5 Å². The van der Waals surface area contributed by atoms with Gasteiger partial charge in [-0.15, -0.1) is 0 Å². The molecule has 0 fully saturated rings. The number of rotatable bonds is 9. The fourth-order valence-electron chi connectivity index (χ4n) is 3.57. The van der Waals surface area contributed by atoms with E-state index < -0.39 is 34.5 Å². The average Bonchev–Trinajstić information content (AvgIpc) is 3.23. The Labute approximate surface area is 207 Å². The van der Waals surface area contributed by atoms with Crippen LogP contribution in [0, 0.1) is 0 Å². The van der Waals surface area contributed by atoms with E-state index >= 15 is 0 Å². The van der Waals surface area contributed by atoms with Crippen LogP contribution < -0.4 is 19.5 Å². The number of esters is 1. The summed E-state index contributed by atoms with van der Waals surface area (Å²) in [5, 5.41) is 4.36. The minimum atomic E-state index is -3.99. The Bertz CT molecular complexity index is 1530. The van der Waals surface area contributed by atoms with Crippen LogP contribution in [0.25, 0.3) is 21.9 Å². The largest absolute Gasteiger partial charge is 0.497 e. The summed E-state index contributed by atoms with van der Waals surface area (Å²) in [5.41, 5.74) is 1.57. The number of hydrogen-bond acceptors (Lipinski definition) is 8. The van der Waals surface area contributed by atoms with Gasteiger partial charge in [0.05, 0.1) is 24.8 Å². The first-order valence-electron chi connectivity index (χ1n) is 10.8. The first-order chi connectivity index (χ1) is 17.2. The summed E-state index contributed by atoms with van der Waals surface area (Å²) in [5.74, 6) is -0.665. The van der Waals surface area contributed by atoms with Gasteiger partial charge in [-0.2, -0.15) is 4.72 Å². The first kappa shape index (κ1) is 25.0. The molecule has 0 unspecified atom stereocenters. The lowest BCUT2D eigenvalue weighted by Gasteiger charge is -2.14. The van der Waals surface area contributed by atoms with Crippen LogP contribution in [0.4, 0.5) is 5.69 Å². The van der Waals surface area contributed by atoms with Gasteiger partial charge in [0.25, 0.3) is 5.91 Å². The van der Waals surface area contributed by atoms with E-state index in [0.29, 0.717) is 28.4 Å². The van der Waals surface area contributed by atoms with E-state index in [4.69, 9.17) is 18.6 Å². The zero-order valence-corrected chi connectivity index (χ0v) is 20.5. The van der Waals surface area contributed by atoms with Crippen molar-refractivity contribution < 1.29 is 36.6 Å². The molecule has 0 spiro atoms. The molecule has 4 aromatic rings. The number of fused-ring (bicyclic) bond motifs is 3. The van der Waals surface area contributed by atoms with E-state index in [1.165, 1.54) is 45.4 Å². The maximum Gasteiger partial charge on any atom is 0.324 e. The number of carbonyl (C=O) groups excluding carboxylic acids is 2. The molecule has 1 atom stereocenters. The number of benzene rings is 3. The lowest BCUT2D eigenvalue weighted by Crippen LogP contribution is -2.40. The molecule has 1 heterocycles. The number of amides is 1. The van der Waals surface area contributed by atoms with Crippen molar-refractivity contribution in [3.05, 3.63) is 60.7 Å². The molecule has 0 saturated carbocycles. The highest BCUT2D eigenvalue weighted by atomic mass is 32.2. The molecule has 10 nitrogen and oxygen atoms in total. The van der Waals surface area contributed by atoms with Gasteiger partial charge in [0, 0.05) is 16.8 Å². The van der Waals surface area contributed by atoms with Crippen molar-refractivity contribution in [2.24, 2.45) is 0 Å². The summed E-state index contributed by atoms with van der Waals surface area (Å²) in [6.45, 7) is 0.689. The third-order valence-electron chi connectivity index (χ3n) is 5.37. The van der Waals surface area contributed by atoms with Gasteiger partial charge in [-0.25, -0.2) is 8.42 Å². The third-order valence-corrected chi connectivity index (χ3v) is 6.93. The van der Waals surface area contributed by atoms with Crippen LogP contribution in [0.5, 0.6) is 11.5 Å². The molecule has 0 aliphatic heterocycles. The van der Waals surface area contributed by atoms with Crippen molar-refractivity contribution in [1.29, 1.82) is 0 Å². The Kier molecular flexibility index (Phi) is 7.13. The molecule has 0 saturated heterocycles. The van der Waals surface area contributed by atoms with Crippen molar-refractivity contribution in [2.75, 3.05) is 26.1 Å². The quantitative estimate of drug-likeness (QED) is 0.326. The number of carbonyl (C=O) groups is 2. The van der Waals surface area contributed by atoms with Crippen molar-refractivity contribution in [3.8, 4) is 11.5 Å². The summed E-state index contributed by atoms with van der Waals surface area (Å²) < 4.78 is 48.5. The highest BCUT2D eigenvalue weighted by Gasteiger charge is 2.24. The van der Waals surface area contributed by atoms with E-state index in [1.807, 2.05) is 24.3 Å². The predicted octanol–water partition coefficient (Wildman–Crippen LogP) is 3.45. The summed E-state index contributed by atoms with van der Waals surface area (Å²) in [7, 11) is -1.06. The minimum Gasteiger partial charge on any atom is -0.497 e. The Morgan fingerprint density at radius 2 is 1.67 bits per heavy atom. The van der Waals surface area contributed by atoms with Gasteiger partial charge < -0.3 is 23.9 Å². The number of furan rings is 1. The second-order valence-corrected chi connectivity index (χ2v) is 9.54. The number of nitrogens with one attached hydrogen (secondary N) is 2. The predicted molar refractivity (Wildman–Crippen MR) is 133 cm³/mol. The molecule has 36 heavy (non-hydrogen) atoms. The van der Waals surface area contributed by atoms with Crippen LogP contribution in [0.2, 0.25) is 0 Å². The Morgan fingerprint density at radius 1 is 0.944 bits per heavy atom. The minimum absolute atomic E-state index is 0.0474. The normalized spacial score (nSPS) is 12.3. The average molecular weight is 513 g/mol. The molecule has 2 N–H and O–H groups in total. The second-order valence-electron chi connectivity index (χ2n) is 7.82. The maximum atomic E-state index is 12.5. The lowest BCUT2D eigenvalue weighted by atomic mass is 10.1. The van der Waals surface area contributed by atoms with Crippen molar-refractivity contribution in [1.82, 2.24) is 4.72 Å². The summed E-state index contributed by atoms with van der Waals surface area (Å²) >= 11 is 0. The van der Waals surface area contributed by atoms with E-state index in [2.05, 4.69) is 10.0 Å². The standard InChI is InChI=1S/C25H24N2O8S/c1-15(27-36(30,31)17-10-8-16(32-2)9-11-17)25(29)34-14-24(28)26-20-13-22-19(12-23(20)33-3)18-6-4-5-7-21(18)35-22/h4-13,15,27H,14H2,1-3H3,(H,26,28)/t15-/m1/s1.